The number of phenolic OH excluding ortho intramolecular Hbond substituents is 1. The van der Waals surface area contributed by atoms with Crippen LogP contribution in [0, 0.1) is 11.3 Å². The number of benzene rings is 1. The highest BCUT2D eigenvalue weighted by atomic mass is 16.5. The molecule has 4 heteroatoms. The Bertz CT molecular complexity index is 512. The summed E-state index contributed by atoms with van der Waals surface area (Å²) in [5.41, 5.74) is 0.345. The van der Waals surface area contributed by atoms with E-state index < -0.39 is 0 Å². The van der Waals surface area contributed by atoms with Crippen LogP contribution in [0.25, 0.3) is 0 Å². The number of ether oxygens (including phenoxy) is 1. The van der Waals surface area contributed by atoms with Crippen LogP contribution in [0.2, 0.25) is 0 Å². The van der Waals surface area contributed by atoms with Crippen molar-refractivity contribution in [2.45, 2.75) is 0 Å². The SMILES string of the molecule is N#Cc1ccc(Oc2ccc(O)cc2)cn1. The van der Waals surface area contributed by atoms with Crippen LogP contribution in [-0.2, 0) is 0 Å². The third-order valence-corrected chi connectivity index (χ3v) is 1.92. The van der Waals surface area contributed by atoms with Gasteiger partial charge in [-0.1, -0.05) is 0 Å². The molecular formula is C12H8N2O2. The van der Waals surface area contributed by atoms with E-state index in [1.54, 1.807) is 24.3 Å². The van der Waals surface area contributed by atoms with Gasteiger partial charge in [0.15, 0.2) is 0 Å². The van der Waals surface area contributed by atoms with Crippen molar-refractivity contribution in [2.24, 2.45) is 0 Å². The molecule has 1 N–H and O–H groups in total. The average Bonchev–Trinajstić information content (AvgIpc) is 2.33. The molecule has 0 unspecified atom stereocenters. The predicted octanol–water partition coefficient (Wildman–Crippen LogP) is 2.45. The lowest BCUT2D eigenvalue weighted by Crippen LogP contribution is -1.86. The first-order valence-corrected chi connectivity index (χ1v) is 4.61. The van der Waals surface area contributed by atoms with Crippen molar-refractivity contribution in [2.75, 3.05) is 0 Å². The highest BCUT2D eigenvalue weighted by molar-refractivity contribution is 5.35. The number of pyridine rings is 1. The number of hydrogen-bond donors (Lipinski definition) is 1. The van der Waals surface area contributed by atoms with Crippen LogP contribution in [0.4, 0.5) is 0 Å². The molecule has 1 aromatic heterocycles. The molecule has 2 aromatic rings. The Hall–Kier alpha value is -2.54. The van der Waals surface area contributed by atoms with Gasteiger partial charge in [-0.3, -0.25) is 0 Å². The minimum absolute atomic E-state index is 0.185. The fourth-order valence-corrected chi connectivity index (χ4v) is 1.16. The van der Waals surface area contributed by atoms with E-state index in [0.29, 0.717) is 17.2 Å². The molecular weight excluding hydrogens is 204 g/mol. The molecule has 0 fully saturated rings. The maximum Gasteiger partial charge on any atom is 0.145 e. The van der Waals surface area contributed by atoms with Crippen LogP contribution < -0.4 is 4.74 Å². The Kier molecular flexibility index (Phi) is 2.70. The van der Waals surface area contributed by atoms with Crippen molar-refractivity contribution >= 4 is 0 Å². The Labute approximate surface area is 92.4 Å². The maximum absolute atomic E-state index is 9.09. The van der Waals surface area contributed by atoms with Crippen molar-refractivity contribution in [3.05, 3.63) is 48.3 Å². The van der Waals surface area contributed by atoms with Crippen molar-refractivity contribution in [3.8, 4) is 23.3 Å². The van der Waals surface area contributed by atoms with Crippen LogP contribution in [0.3, 0.4) is 0 Å². The van der Waals surface area contributed by atoms with Crippen molar-refractivity contribution in [3.63, 3.8) is 0 Å². The van der Waals surface area contributed by atoms with E-state index in [2.05, 4.69) is 4.98 Å². The van der Waals surface area contributed by atoms with Gasteiger partial charge < -0.3 is 9.84 Å². The average molecular weight is 212 g/mol. The van der Waals surface area contributed by atoms with Gasteiger partial charge in [0.25, 0.3) is 0 Å². The first-order valence-electron chi connectivity index (χ1n) is 4.61. The quantitative estimate of drug-likeness (QED) is 0.830. The third kappa shape index (κ3) is 2.28. The third-order valence-electron chi connectivity index (χ3n) is 1.92. The van der Waals surface area contributed by atoms with Gasteiger partial charge in [-0.25, -0.2) is 4.98 Å². The van der Waals surface area contributed by atoms with Gasteiger partial charge in [0.05, 0.1) is 6.20 Å². The Morgan fingerprint density at radius 3 is 2.31 bits per heavy atom. The molecule has 2 rings (SSSR count). The molecule has 0 bridgehead atoms. The van der Waals surface area contributed by atoms with Gasteiger partial charge in [-0.05, 0) is 36.4 Å². The molecule has 0 aliphatic carbocycles. The monoisotopic (exact) mass is 212 g/mol. The highest BCUT2D eigenvalue weighted by Gasteiger charge is 1.98. The second-order valence-electron chi connectivity index (χ2n) is 3.09. The van der Waals surface area contributed by atoms with Crippen LogP contribution in [0.5, 0.6) is 17.2 Å². The molecule has 4 nitrogen and oxygen atoms in total. The molecule has 0 amide bonds. The van der Waals surface area contributed by atoms with Gasteiger partial charge in [-0.15, -0.1) is 0 Å². The lowest BCUT2D eigenvalue weighted by atomic mass is 10.3. The first-order chi connectivity index (χ1) is 7.78. The lowest BCUT2D eigenvalue weighted by Gasteiger charge is -2.04. The van der Waals surface area contributed by atoms with E-state index in [9.17, 15) is 0 Å². The fourth-order valence-electron chi connectivity index (χ4n) is 1.16. The largest absolute Gasteiger partial charge is 0.508 e. The molecule has 1 heterocycles. The van der Waals surface area contributed by atoms with Crippen molar-refractivity contribution in [1.29, 1.82) is 5.26 Å². The minimum atomic E-state index is 0.185. The van der Waals surface area contributed by atoms with E-state index in [4.69, 9.17) is 15.1 Å². The molecule has 0 aliphatic heterocycles. The standard InChI is InChI=1S/C12H8N2O2/c13-7-9-1-4-12(8-14-9)16-11-5-2-10(15)3-6-11/h1-6,8,15H. The van der Waals surface area contributed by atoms with Gasteiger partial charge in [0.2, 0.25) is 0 Å². The summed E-state index contributed by atoms with van der Waals surface area (Å²) < 4.78 is 5.45. The first kappa shape index (κ1) is 9.99. The Balaban J connectivity index is 2.15. The summed E-state index contributed by atoms with van der Waals surface area (Å²) in [6.45, 7) is 0. The number of hydrogen-bond acceptors (Lipinski definition) is 4. The molecule has 0 saturated heterocycles. The smallest absolute Gasteiger partial charge is 0.145 e. The van der Waals surface area contributed by atoms with Crippen molar-refractivity contribution < 1.29 is 9.84 Å². The van der Waals surface area contributed by atoms with Gasteiger partial charge in [0, 0.05) is 0 Å². The number of nitriles is 1. The van der Waals surface area contributed by atoms with Crippen molar-refractivity contribution in [1.82, 2.24) is 4.98 Å². The van der Waals surface area contributed by atoms with Gasteiger partial charge >= 0.3 is 0 Å². The zero-order valence-corrected chi connectivity index (χ0v) is 8.29. The summed E-state index contributed by atoms with van der Waals surface area (Å²) in [6, 6.07) is 11.5. The summed E-state index contributed by atoms with van der Waals surface area (Å²) in [7, 11) is 0. The number of rotatable bonds is 2. The topological polar surface area (TPSA) is 66.1 Å². The van der Waals surface area contributed by atoms with Crippen LogP contribution in [0.15, 0.2) is 42.6 Å². The molecule has 0 aliphatic rings. The highest BCUT2D eigenvalue weighted by Crippen LogP contribution is 2.22. The van der Waals surface area contributed by atoms with Crippen LogP contribution in [-0.4, -0.2) is 10.1 Å². The fraction of sp³-hybridized carbons (Fsp3) is 0. The second-order valence-corrected chi connectivity index (χ2v) is 3.09. The maximum atomic E-state index is 9.09. The number of aromatic nitrogens is 1. The van der Waals surface area contributed by atoms with Gasteiger partial charge in [0.1, 0.15) is 29.0 Å². The molecule has 0 spiro atoms. The zero-order valence-electron chi connectivity index (χ0n) is 8.29. The van der Waals surface area contributed by atoms with Gasteiger partial charge in [-0.2, -0.15) is 5.26 Å². The zero-order chi connectivity index (χ0) is 11.4. The second kappa shape index (κ2) is 4.32. The summed E-state index contributed by atoms with van der Waals surface area (Å²) >= 11 is 0. The van der Waals surface area contributed by atoms with E-state index in [1.807, 2.05) is 6.07 Å². The summed E-state index contributed by atoms with van der Waals surface area (Å²) in [5.74, 6) is 1.33. The molecule has 78 valence electrons. The predicted molar refractivity (Wildman–Crippen MR) is 57.1 cm³/mol. The van der Waals surface area contributed by atoms with E-state index in [-0.39, 0.29) is 5.75 Å². The summed E-state index contributed by atoms with van der Waals surface area (Å²) in [6.07, 6.45) is 1.48. The molecule has 1 aromatic carbocycles. The Morgan fingerprint density at radius 2 is 1.75 bits per heavy atom. The molecule has 0 atom stereocenters. The molecule has 0 saturated carbocycles. The van der Waals surface area contributed by atoms with Crippen LogP contribution >= 0.6 is 0 Å². The lowest BCUT2D eigenvalue weighted by molar-refractivity contribution is 0.463. The van der Waals surface area contributed by atoms with E-state index >= 15 is 0 Å². The normalized spacial score (nSPS) is 9.44. The number of nitrogens with zero attached hydrogens (tertiary/aromatic N) is 2. The number of aromatic hydroxyl groups is 1. The van der Waals surface area contributed by atoms with Crippen LogP contribution in [0.1, 0.15) is 5.69 Å². The molecule has 0 radical (unpaired) electrons. The summed E-state index contributed by atoms with van der Waals surface area (Å²) in [5, 5.41) is 17.7. The molecule has 16 heavy (non-hydrogen) atoms. The van der Waals surface area contributed by atoms with E-state index in [0.717, 1.165) is 0 Å². The summed E-state index contributed by atoms with van der Waals surface area (Å²) in [4.78, 5) is 3.88. The number of phenols is 1. The minimum Gasteiger partial charge on any atom is -0.508 e. The van der Waals surface area contributed by atoms with E-state index in [1.165, 1.54) is 18.3 Å². The Morgan fingerprint density at radius 1 is 1.06 bits per heavy atom.